The van der Waals surface area contributed by atoms with Crippen molar-refractivity contribution < 1.29 is 0 Å². The van der Waals surface area contributed by atoms with E-state index in [2.05, 4.69) is 62.5 Å². The Morgan fingerprint density at radius 2 is 1.85 bits per heavy atom. The van der Waals surface area contributed by atoms with Gasteiger partial charge in [-0.25, -0.2) is 0 Å². The number of hydrogen-bond acceptors (Lipinski definition) is 2. The molecule has 100 valence electrons. The van der Waals surface area contributed by atoms with Gasteiger partial charge < -0.3 is 4.57 Å². The number of nitrogens with zero attached hydrogens (tertiary/aromatic N) is 4. The molecule has 0 N–H and O–H groups in total. The molecule has 2 aromatic carbocycles. The van der Waals surface area contributed by atoms with E-state index in [1.165, 1.54) is 28.2 Å². The van der Waals surface area contributed by atoms with Gasteiger partial charge >= 0.3 is 0 Å². The lowest BCUT2D eigenvalue weighted by molar-refractivity contribution is 0.650. The summed E-state index contributed by atoms with van der Waals surface area (Å²) < 4.78 is 4.37. The van der Waals surface area contributed by atoms with Gasteiger partial charge in [0.25, 0.3) is 0 Å². The number of unbranched alkanes of at least 4 members (excludes halogenated alkanes) is 1. The Balaban J connectivity index is 2.22. The molecule has 0 fully saturated rings. The highest BCUT2D eigenvalue weighted by molar-refractivity contribution is 6.08. The first-order valence-electron chi connectivity index (χ1n) is 7.10. The molecule has 4 rings (SSSR count). The Hall–Kier alpha value is -2.36. The molecule has 20 heavy (non-hydrogen) atoms. The van der Waals surface area contributed by atoms with Crippen molar-refractivity contribution in [3.05, 3.63) is 42.7 Å². The zero-order chi connectivity index (χ0) is 13.5. The van der Waals surface area contributed by atoms with Gasteiger partial charge in [-0.15, -0.1) is 10.2 Å². The molecule has 0 bridgehead atoms. The van der Waals surface area contributed by atoms with E-state index in [1.54, 1.807) is 6.33 Å². The predicted octanol–water partition coefficient (Wildman–Crippen LogP) is 3.64. The smallest absolute Gasteiger partial charge is 0.236 e. The van der Waals surface area contributed by atoms with Crippen LogP contribution in [0.5, 0.6) is 0 Å². The van der Waals surface area contributed by atoms with Gasteiger partial charge in [-0.05, 0) is 23.9 Å². The van der Waals surface area contributed by atoms with Crippen molar-refractivity contribution >= 4 is 27.6 Å². The number of fused-ring (bicyclic) bond motifs is 2. The van der Waals surface area contributed by atoms with Crippen LogP contribution in [-0.4, -0.2) is 19.2 Å². The average Bonchev–Trinajstić information content (AvgIpc) is 2.97. The molecule has 2 aromatic heterocycles. The van der Waals surface area contributed by atoms with Gasteiger partial charge in [0.15, 0.2) is 0 Å². The quantitative estimate of drug-likeness (QED) is 0.566. The lowest BCUT2D eigenvalue weighted by Crippen LogP contribution is -2.07. The number of benzene rings is 2. The van der Waals surface area contributed by atoms with Crippen LogP contribution in [0.1, 0.15) is 19.8 Å². The summed E-state index contributed by atoms with van der Waals surface area (Å²) in [4.78, 5) is 0. The molecule has 0 amide bonds. The molecule has 2 heterocycles. The van der Waals surface area contributed by atoms with Crippen molar-refractivity contribution in [1.29, 1.82) is 0 Å². The fourth-order valence-electron chi connectivity index (χ4n) is 2.95. The number of hydrogen-bond donors (Lipinski definition) is 0. The third-order valence-corrected chi connectivity index (χ3v) is 3.92. The van der Waals surface area contributed by atoms with Gasteiger partial charge in [-0.3, -0.25) is 4.40 Å². The van der Waals surface area contributed by atoms with Crippen LogP contribution < -0.4 is 0 Å². The fourth-order valence-corrected chi connectivity index (χ4v) is 2.95. The summed E-state index contributed by atoms with van der Waals surface area (Å²) in [6.45, 7) is 3.19. The molecule has 0 radical (unpaired) electrons. The topological polar surface area (TPSA) is 35.1 Å². The van der Waals surface area contributed by atoms with Gasteiger partial charge in [0, 0.05) is 11.9 Å². The summed E-state index contributed by atoms with van der Waals surface area (Å²) in [5.41, 5.74) is 2.41. The van der Waals surface area contributed by atoms with Crippen molar-refractivity contribution in [2.45, 2.75) is 26.3 Å². The van der Waals surface area contributed by atoms with E-state index < -0.39 is 0 Å². The maximum atomic E-state index is 4.32. The van der Waals surface area contributed by atoms with Crippen molar-refractivity contribution in [3.8, 4) is 0 Å². The summed E-state index contributed by atoms with van der Waals surface area (Å²) in [5.74, 6) is 0.921. The normalized spacial score (nSPS) is 11.8. The van der Waals surface area contributed by atoms with E-state index in [1.807, 2.05) is 0 Å². The Kier molecular flexibility index (Phi) is 2.49. The third-order valence-electron chi connectivity index (χ3n) is 3.92. The molecule has 4 nitrogen and oxygen atoms in total. The van der Waals surface area contributed by atoms with Gasteiger partial charge in [-0.1, -0.05) is 37.6 Å². The van der Waals surface area contributed by atoms with E-state index in [9.17, 15) is 0 Å². The van der Waals surface area contributed by atoms with Gasteiger partial charge in [0.2, 0.25) is 5.78 Å². The van der Waals surface area contributed by atoms with Crippen LogP contribution in [0, 0.1) is 0 Å². The van der Waals surface area contributed by atoms with E-state index in [0.29, 0.717) is 0 Å². The maximum Gasteiger partial charge on any atom is 0.236 e. The van der Waals surface area contributed by atoms with E-state index in [-0.39, 0.29) is 0 Å². The molecule has 4 aromatic rings. The molecule has 0 atom stereocenters. The summed E-state index contributed by atoms with van der Waals surface area (Å²) in [5, 5.41) is 11.0. The van der Waals surface area contributed by atoms with Crippen LogP contribution in [0.15, 0.2) is 42.7 Å². The maximum absolute atomic E-state index is 4.32. The number of aromatic nitrogens is 4. The second-order valence-electron chi connectivity index (χ2n) is 5.16. The van der Waals surface area contributed by atoms with Crippen molar-refractivity contribution in [2.24, 2.45) is 0 Å². The monoisotopic (exact) mass is 264 g/mol. The molecular weight excluding hydrogens is 248 g/mol. The first-order chi connectivity index (χ1) is 9.90. The molecular formula is C16H16N4. The van der Waals surface area contributed by atoms with Crippen molar-refractivity contribution in [1.82, 2.24) is 19.2 Å². The molecule has 0 saturated carbocycles. The predicted molar refractivity (Wildman–Crippen MR) is 80.9 cm³/mol. The largest absolute Gasteiger partial charge is 0.310 e. The first kappa shape index (κ1) is 11.5. The van der Waals surface area contributed by atoms with Gasteiger partial charge in [0.1, 0.15) is 6.33 Å². The van der Waals surface area contributed by atoms with Crippen LogP contribution in [0.2, 0.25) is 0 Å². The highest BCUT2D eigenvalue weighted by atomic mass is 15.3. The lowest BCUT2D eigenvalue weighted by atomic mass is 10.1. The van der Waals surface area contributed by atoms with Crippen LogP contribution in [-0.2, 0) is 6.54 Å². The summed E-state index contributed by atoms with van der Waals surface area (Å²) in [6, 6.07) is 12.8. The Morgan fingerprint density at radius 1 is 1.05 bits per heavy atom. The van der Waals surface area contributed by atoms with Gasteiger partial charge in [-0.2, -0.15) is 0 Å². The minimum absolute atomic E-state index is 0.921. The molecule has 0 aliphatic carbocycles. The molecule has 0 spiro atoms. The third kappa shape index (κ3) is 1.48. The van der Waals surface area contributed by atoms with E-state index in [4.69, 9.17) is 0 Å². The summed E-state index contributed by atoms with van der Waals surface area (Å²) >= 11 is 0. The van der Waals surface area contributed by atoms with Crippen LogP contribution in [0.3, 0.4) is 0 Å². The Bertz CT molecular complexity index is 895. The van der Waals surface area contributed by atoms with Crippen molar-refractivity contribution in [3.63, 3.8) is 0 Å². The zero-order valence-corrected chi connectivity index (χ0v) is 11.5. The van der Waals surface area contributed by atoms with Crippen molar-refractivity contribution in [2.75, 3.05) is 0 Å². The van der Waals surface area contributed by atoms with E-state index >= 15 is 0 Å². The molecule has 4 heteroatoms. The standard InChI is InChI=1S/C16H16N4/c1-2-3-10-19-13-8-4-6-12-7-5-9-14(15(12)13)20-11-17-18-16(19)20/h4-9,11H,2-3,10H2,1H3. The number of aryl methyl sites for hydroxylation is 1. The molecule has 0 unspecified atom stereocenters. The highest BCUT2D eigenvalue weighted by Gasteiger charge is 2.12. The lowest BCUT2D eigenvalue weighted by Gasteiger charge is -2.15. The second kappa shape index (κ2) is 4.34. The Labute approximate surface area is 116 Å². The summed E-state index contributed by atoms with van der Waals surface area (Å²) in [7, 11) is 0. The van der Waals surface area contributed by atoms with E-state index in [0.717, 1.165) is 18.7 Å². The molecule has 0 saturated heterocycles. The van der Waals surface area contributed by atoms with Crippen LogP contribution in [0.25, 0.3) is 27.6 Å². The van der Waals surface area contributed by atoms with Crippen LogP contribution >= 0.6 is 0 Å². The Morgan fingerprint density at radius 3 is 2.65 bits per heavy atom. The zero-order valence-electron chi connectivity index (χ0n) is 11.5. The first-order valence-corrected chi connectivity index (χ1v) is 7.10. The minimum atomic E-state index is 0.921. The number of rotatable bonds is 3. The SMILES string of the molecule is CCCCn1c2cccc3cccc(c32)n2cnnc12. The van der Waals surface area contributed by atoms with Crippen LogP contribution in [0.4, 0.5) is 0 Å². The average molecular weight is 264 g/mol. The molecule has 0 aliphatic rings. The molecule has 0 aliphatic heterocycles. The second-order valence-corrected chi connectivity index (χ2v) is 5.16. The minimum Gasteiger partial charge on any atom is -0.310 e. The highest BCUT2D eigenvalue weighted by Crippen LogP contribution is 2.28. The van der Waals surface area contributed by atoms with Gasteiger partial charge in [0.05, 0.1) is 11.0 Å². The fraction of sp³-hybridized carbons (Fsp3) is 0.250. The summed E-state index contributed by atoms with van der Waals surface area (Å²) in [6.07, 6.45) is 4.12.